The number of alkyl halides is 6. The number of carbonyl (C=O) groups excluding carboxylic acids is 2. The summed E-state index contributed by atoms with van der Waals surface area (Å²) in [5, 5.41) is 15.1. The van der Waals surface area contributed by atoms with Gasteiger partial charge in [-0.15, -0.1) is 0 Å². The Balaban J connectivity index is 0.00000316. The van der Waals surface area contributed by atoms with Gasteiger partial charge in [-0.05, 0) is 60.9 Å². The molecular weight excluding hydrogens is 582 g/mol. The quantitative estimate of drug-likeness (QED) is 0.150. The highest BCUT2D eigenvalue weighted by atomic mass is 19.4. The van der Waals surface area contributed by atoms with Crippen molar-refractivity contribution in [3.63, 3.8) is 0 Å². The summed E-state index contributed by atoms with van der Waals surface area (Å²) >= 11 is 0. The predicted octanol–water partition coefficient (Wildman–Crippen LogP) is 7.03. The average Bonchev–Trinajstić information content (AvgIpc) is 3.49. The van der Waals surface area contributed by atoms with Crippen LogP contribution >= 0.6 is 0 Å². The van der Waals surface area contributed by atoms with Crippen LogP contribution in [0.15, 0.2) is 65.3 Å². The molecule has 1 atom stereocenters. The average molecular weight is 617 g/mol. The molecule has 236 valence electrons. The minimum atomic E-state index is -6.01. The summed E-state index contributed by atoms with van der Waals surface area (Å²) < 4.78 is 91.3. The Hall–Kier alpha value is -4.00. The molecule has 43 heavy (non-hydrogen) atoms. The van der Waals surface area contributed by atoms with Crippen LogP contribution in [0, 0.1) is 0 Å². The summed E-state index contributed by atoms with van der Waals surface area (Å²) in [6, 6.07) is 11.7. The maximum absolute atomic E-state index is 13.4. The van der Waals surface area contributed by atoms with Crippen LogP contribution in [-0.4, -0.2) is 29.8 Å². The highest BCUT2D eigenvalue weighted by molar-refractivity contribution is 5.77. The van der Waals surface area contributed by atoms with E-state index in [0.29, 0.717) is 36.3 Å². The van der Waals surface area contributed by atoms with Gasteiger partial charge in [-0.1, -0.05) is 45.4 Å². The third-order valence-electron chi connectivity index (χ3n) is 6.39. The lowest BCUT2D eigenvalue weighted by Crippen LogP contribution is -2.53. The summed E-state index contributed by atoms with van der Waals surface area (Å²) in [6.45, 7) is 7.36. The molecule has 1 unspecified atom stereocenters. The molecular formula is C30H34F6N2O5. The van der Waals surface area contributed by atoms with Crippen molar-refractivity contribution in [2.45, 2.75) is 77.0 Å². The molecule has 0 bridgehead atoms. The van der Waals surface area contributed by atoms with Gasteiger partial charge >= 0.3 is 12.4 Å². The van der Waals surface area contributed by atoms with Gasteiger partial charge in [0.05, 0.1) is 12.7 Å². The molecule has 0 fully saturated rings. The number of hydrogen-bond donors (Lipinski definition) is 3. The number of aliphatic hydroxyl groups is 1. The van der Waals surface area contributed by atoms with E-state index in [1.54, 1.807) is 44.2 Å². The summed E-state index contributed by atoms with van der Waals surface area (Å²) in [4.78, 5) is 23.7. The fourth-order valence-electron chi connectivity index (χ4n) is 4.22. The van der Waals surface area contributed by atoms with Gasteiger partial charge in [0.15, 0.2) is 0 Å². The van der Waals surface area contributed by atoms with Crippen molar-refractivity contribution in [2.75, 3.05) is 0 Å². The van der Waals surface area contributed by atoms with Gasteiger partial charge in [0.2, 0.25) is 12.3 Å². The number of ether oxygens (including phenoxy) is 1. The largest absolute Gasteiger partial charge is 0.467 e. The normalized spacial score (nSPS) is 13.3. The number of aryl methyl sites for hydroxylation is 1. The van der Waals surface area contributed by atoms with Crippen LogP contribution in [0.3, 0.4) is 0 Å². The van der Waals surface area contributed by atoms with Crippen molar-refractivity contribution in [1.82, 2.24) is 10.6 Å². The number of carbonyl (C=O) groups is 2. The molecule has 0 saturated carbocycles. The van der Waals surface area contributed by atoms with Gasteiger partial charge in [-0.25, -0.2) is 0 Å². The molecule has 3 rings (SSSR count). The summed E-state index contributed by atoms with van der Waals surface area (Å²) in [7, 11) is 0. The highest BCUT2D eigenvalue weighted by Gasteiger charge is 2.71. The summed E-state index contributed by atoms with van der Waals surface area (Å²) in [5.74, 6) is 0.199. The molecule has 1 heterocycles. The second-order valence-electron chi connectivity index (χ2n) is 9.55. The lowest BCUT2D eigenvalue weighted by atomic mass is 9.90. The van der Waals surface area contributed by atoms with Crippen LogP contribution in [0.1, 0.15) is 63.0 Å². The molecule has 3 N–H and O–H groups in total. The SMILES string of the molecule is CC.CCCc1cc(C(O)(C(F)(F)F)C(F)(F)F)ccc1Oc1cccc(CNC(=O)CC(C)(NC=O)c2ccco2)c1. The van der Waals surface area contributed by atoms with Crippen molar-refractivity contribution in [1.29, 1.82) is 0 Å². The monoisotopic (exact) mass is 616 g/mol. The Kier molecular flexibility index (Phi) is 11.8. The zero-order chi connectivity index (χ0) is 32.5. The van der Waals surface area contributed by atoms with Crippen LogP contribution in [-0.2, 0) is 33.7 Å². The molecule has 7 nitrogen and oxygen atoms in total. The van der Waals surface area contributed by atoms with Crippen LogP contribution in [0.5, 0.6) is 11.5 Å². The number of amides is 2. The van der Waals surface area contributed by atoms with Crippen LogP contribution < -0.4 is 15.4 Å². The first-order valence-corrected chi connectivity index (χ1v) is 13.4. The van der Waals surface area contributed by atoms with Crippen molar-refractivity contribution >= 4 is 12.3 Å². The maximum Gasteiger partial charge on any atom is 0.430 e. The molecule has 3 aromatic rings. The molecule has 13 heteroatoms. The van der Waals surface area contributed by atoms with E-state index in [2.05, 4.69) is 10.6 Å². The second-order valence-corrected chi connectivity index (χ2v) is 9.55. The Bertz CT molecular complexity index is 1330. The fourth-order valence-corrected chi connectivity index (χ4v) is 4.22. The smallest absolute Gasteiger partial charge is 0.430 e. The van der Waals surface area contributed by atoms with E-state index in [4.69, 9.17) is 9.15 Å². The molecule has 0 saturated heterocycles. The molecule has 1 aromatic heterocycles. The molecule has 0 aliphatic carbocycles. The Morgan fingerprint density at radius 1 is 1.00 bits per heavy atom. The van der Waals surface area contributed by atoms with Gasteiger partial charge < -0.3 is 24.9 Å². The first-order chi connectivity index (χ1) is 20.1. The Labute approximate surface area is 245 Å². The van der Waals surface area contributed by atoms with Crippen LogP contribution in [0.25, 0.3) is 0 Å². The first kappa shape index (κ1) is 35.2. The zero-order valence-corrected chi connectivity index (χ0v) is 24.0. The van der Waals surface area contributed by atoms with Crippen molar-refractivity contribution in [3.05, 3.63) is 83.3 Å². The summed E-state index contributed by atoms with van der Waals surface area (Å²) in [6.07, 6.45) is -9.82. The second kappa shape index (κ2) is 14.5. The molecule has 2 amide bonds. The summed E-state index contributed by atoms with van der Waals surface area (Å²) in [5.41, 5.74) is -6.89. The Morgan fingerprint density at radius 2 is 1.67 bits per heavy atom. The van der Waals surface area contributed by atoms with E-state index < -0.39 is 35.0 Å². The third-order valence-corrected chi connectivity index (χ3v) is 6.39. The number of hydrogen-bond acceptors (Lipinski definition) is 5. The van der Waals surface area contributed by atoms with Gasteiger partial charge in [-0.2, -0.15) is 26.3 Å². The van der Waals surface area contributed by atoms with Crippen LogP contribution in [0.2, 0.25) is 0 Å². The number of rotatable bonds is 12. The number of nitrogens with one attached hydrogen (secondary N) is 2. The van der Waals surface area contributed by atoms with E-state index in [1.165, 1.54) is 12.3 Å². The predicted molar refractivity (Wildman–Crippen MR) is 146 cm³/mol. The van der Waals surface area contributed by atoms with E-state index in [0.717, 1.165) is 6.07 Å². The van der Waals surface area contributed by atoms with Gasteiger partial charge in [0, 0.05) is 12.1 Å². The lowest BCUT2D eigenvalue weighted by molar-refractivity contribution is -0.376. The van der Waals surface area contributed by atoms with Crippen molar-refractivity contribution in [2.24, 2.45) is 0 Å². The van der Waals surface area contributed by atoms with Gasteiger partial charge in [0.1, 0.15) is 22.8 Å². The zero-order valence-electron chi connectivity index (χ0n) is 24.0. The molecule has 2 aromatic carbocycles. The molecule has 0 radical (unpaired) electrons. The van der Waals surface area contributed by atoms with E-state index in [1.807, 2.05) is 13.8 Å². The standard InChI is InChI=1S/C28H28F6N2O5.C2H6/c1-3-6-19-14-20(26(39,27(29,30)31)28(32,33)34)10-11-22(19)41-21-8-4-7-18(13-21)16-35-24(38)15-25(2,36-17-37)23-9-5-12-40-23;1-2/h4-5,7-14,17,39H,3,6,15-16H2,1-2H3,(H,35,38)(H,36,37);1-2H3. The minimum absolute atomic E-state index is 0.0117. The van der Waals surface area contributed by atoms with E-state index in [-0.39, 0.29) is 36.4 Å². The first-order valence-electron chi connectivity index (χ1n) is 13.4. The fraction of sp³-hybridized carbons (Fsp3) is 0.400. The number of benzene rings is 2. The molecule has 0 aliphatic rings. The lowest BCUT2D eigenvalue weighted by Gasteiger charge is -2.33. The topological polar surface area (TPSA) is 101 Å². The van der Waals surface area contributed by atoms with Crippen LogP contribution in [0.4, 0.5) is 26.3 Å². The van der Waals surface area contributed by atoms with E-state index >= 15 is 0 Å². The highest BCUT2D eigenvalue weighted by Crippen LogP contribution is 2.50. The molecule has 0 aliphatic heterocycles. The van der Waals surface area contributed by atoms with Gasteiger partial charge in [0.25, 0.3) is 5.60 Å². The van der Waals surface area contributed by atoms with Crippen molar-refractivity contribution in [3.8, 4) is 11.5 Å². The van der Waals surface area contributed by atoms with E-state index in [9.17, 15) is 41.0 Å². The van der Waals surface area contributed by atoms with Gasteiger partial charge in [-0.3, -0.25) is 9.59 Å². The molecule has 0 spiro atoms. The number of furan rings is 1. The minimum Gasteiger partial charge on any atom is -0.467 e. The Morgan fingerprint density at radius 3 is 2.23 bits per heavy atom. The third kappa shape index (κ3) is 8.31. The number of halogens is 6. The maximum atomic E-state index is 13.4. The van der Waals surface area contributed by atoms with Crippen molar-refractivity contribution < 1.29 is 50.2 Å².